The van der Waals surface area contributed by atoms with E-state index in [1.54, 1.807) is 30.1 Å². The highest BCUT2D eigenvalue weighted by atomic mass is 32.2. The number of thiazole rings is 1. The first-order valence-electron chi connectivity index (χ1n) is 11.9. The zero-order valence-corrected chi connectivity index (χ0v) is 22.4. The summed E-state index contributed by atoms with van der Waals surface area (Å²) in [7, 11) is -2.19. The Morgan fingerprint density at radius 2 is 1.94 bits per heavy atom. The molecule has 36 heavy (non-hydrogen) atoms. The summed E-state index contributed by atoms with van der Waals surface area (Å²) >= 11 is 1.51. The molecule has 0 radical (unpaired) electrons. The van der Waals surface area contributed by atoms with Crippen LogP contribution in [0.25, 0.3) is 10.4 Å². The molecule has 0 aliphatic heterocycles. The van der Waals surface area contributed by atoms with Crippen LogP contribution in [0, 0.1) is 6.92 Å². The fourth-order valence-electron chi connectivity index (χ4n) is 4.39. The second-order valence-corrected chi connectivity index (χ2v) is 11.9. The fraction of sp³-hybridized carbons (Fsp3) is 0.458. The summed E-state index contributed by atoms with van der Waals surface area (Å²) in [6, 6.07) is 6.98. The highest BCUT2D eigenvalue weighted by Crippen LogP contribution is 2.41. The molecule has 194 valence electrons. The van der Waals surface area contributed by atoms with Crippen molar-refractivity contribution in [2.45, 2.75) is 69.4 Å². The largest absolute Gasteiger partial charge is 0.447 e. The Bertz CT molecular complexity index is 1340. The predicted molar refractivity (Wildman–Crippen MR) is 140 cm³/mol. The standard InChI is InChI=1S/C24H32N6O4S2/c1-14(2)34-24(31)28-17-7-5-16(6-8-17)23-26-15(3)22(35-23)19-10-9-18(13-20(19)36(25,32)33)27-21-11-12-30(4)29-21/h9-14,16-17H,5-8H2,1-4H3,(H,27,29)(H,28,31)(H2,25,32,33). The second kappa shape index (κ2) is 10.6. The van der Waals surface area contributed by atoms with Gasteiger partial charge in [-0.05, 0) is 58.6 Å². The summed E-state index contributed by atoms with van der Waals surface area (Å²) in [4.78, 5) is 17.5. The number of nitrogens with two attached hydrogens (primary N) is 1. The number of rotatable bonds is 7. The van der Waals surface area contributed by atoms with E-state index in [2.05, 4.69) is 15.7 Å². The lowest BCUT2D eigenvalue weighted by Crippen LogP contribution is -2.38. The molecule has 1 aliphatic rings. The highest BCUT2D eigenvalue weighted by Gasteiger charge is 2.28. The molecule has 0 unspecified atom stereocenters. The van der Waals surface area contributed by atoms with Crippen LogP contribution in [0.15, 0.2) is 35.4 Å². The monoisotopic (exact) mass is 532 g/mol. The number of sulfonamides is 1. The summed E-state index contributed by atoms with van der Waals surface area (Å²) in [6.45, 7) is 5.53. The van der Waals surface area contributed by atoms with E-state index in [1.807, 2.05) is 26.8 Å². The summed E-state index contributed by atoms with van der Waals surface area (Å²) < 4.78 is 31.9. The van der Waals surface area contributed by atoms with Crippen LogP contribution in [0.4, 0.5) is 16.3 Å². The van der Waals surface area contributed by atoms with Crippen LogP contribution in [0.2, 0.25) is 0 Å². The first kappa shape index (κ1) is 26.1. The van der Waals surface area contributed by atoms with Crippen LogP contribution >= 0.6 is 11.3 Å². The van der Waals surface area contributed by atoms with E-state index in [0.717, 1.165) is 41.3 Å². The van der Waals surface area contributed by atoms with E-state index in [-0.39, 0.29) is 29.1 Å². The van der Waals surface area contributed by atoms with Gasteiger partial charge in [-0.3, -0.25) is 4.68 Å². The van der Waals surface area contributed by atoms with Crippen molar-refractivity contribution in [3.05, 3.63) is 41.2 Å². The van der Waals surface area contributed by atoms with Crippen LogP contribution in [-0.2, 0) is 21.8 Å². The van der Waals surface area contributed by atoms with Crippen LogP contribution in [-0.4, -0.2) is 41.4 Å². The summed E-state index contributed by atoms with van der Waals surface area (Å²) in [5, 5.41) is 16.9. The number of nitrogens with one attached hydrogen (secondary N) is 2. The van der Waals surface area contributed by atoms with Crippen molar-refractivity contribution in [3.63, 3.8) is 0 Å². The van der Waals surface area contributed by atoms with Crippen LogP contribution < -0.4 is 15.8 Å². The Kier molecular flexibility index (Phi) is 7.67. The minimum atomic E-state index is -3.99. The van der Waals surface area contributed by atoms with Crippen molar-refractivity contribution in [2.75, 3.05) is 5.32 Å². The van der Waals surface area contributed by atoms with Crippen LogP contribution in [0.1, 0.15) is 56.2 Å². The number of aromatic nitrogens is 3. The van der Waals surface area contributed by atoms with Gasteiger partial charge < -0.3 is 15.4 Å². The number of ether oxygens (including phenoxy) is 1. The molecule has 10 nitrogen and oxygen atoms in total. The zero-order chi connectivity index (χ0) is 26.0. The topological polar surface area (TPSA) is 141 Å². The Labute approximate surface area is 215 Å². The van der Waals surface area contributed by atoms with E-state index in [0.29, 0.717) is 17.1 Å². The first-order chi connectivity index (χ1) is 17.0. The van der Waals surface area contributed by atoms with Crippen molar-refractivity contribution >= 4 is 39.0 Å². The van der Waals surface area contributed by atoms with Crippen LogP contribution in [0.3, 0.4) is 0 Å². The molecule has 0 atom stereocenters. The van der Waals surface area contributed by atoms with Gasteiger partial charge in [-0.2, -0.15) is 5.10 Å². The maximum Gasteiger partial charge on any atom is 0.407 e. The number of anilines is 2. The van der Waals surface area contributed by atoms with E-state index < -0.39 is 10.0 Å². The van der Waals surface area contributed by atoms with E-state index >= 15 is 0 Å². The summed E-state index contributed by atoms with van der Waals surface area (Å²) in [5.41, 5.74) is 1.88. The van der Waals surface area contributed by atoms with Gasteiger partial charge >= 0.3 is 6.09 Å². The van der Waals surface area contributed by atoms with Gasteiger partial charge in [0.25, 0.3) is 0 Å². The Balaban J connectivity index is 1.52. The minimum Gasteiger partial charge on any atom is -0.447 e. The lowest BCUT2D eigenvalue weighted by molar-refractivity contribution is 0.109. The molecule has 2 aromatic heterocycles. The average molecular weight is 533 g/mol. The zero-order valence-electron chi connectivity index (χ0n) is 20.8. The van der Waals surface area contributed by atoms with Gasteiger partial charge in [-0.1, -0.05) is 6.07 Å². The van der Waals surface area contributed by atoms with Gasteiger partial charge in [0.1, 0.15) is 0 Å². The second-order valence-electron chi connectivity index (χ2n) is 9.37. The fourth-order valence-corrected chi connectivity index (χ4v) is 6.50. The summed E-state index contributed by atoms with van der Waals surface area (Å²) in [6.07, 6.45) is 4.70. The number of carbonyl (C=O) groups excluding carboxylic acids is 1. The van der Waals surface area contributed by atoms with E-state index in [4.69, 9.17) is 14.9 Å². The van der Waals surface area contributed by atoms with Crippen molar-refractivity contribution in [1.29, 1.82) is 0 Å². The minimum absolute atomic E-state index is 0.0401. The molecule has 4 rings (SSSR count). The SMILES string of the molecule is Cc1nc(C2CCC(NC(=O)OC(C)C)CC2)sc1-c1ccc(Nc2ccn(C)n2)cc1S(N)(=O)=O. The molecule has 1 aromatic carbocycles. The molecule has 4 N–H and O–H groups in total. The predicted octanol–water partition coefficient (Wildman–Crippen LogP) is 4.40. The molecule has 0 bridgehead atoms. The van der Waals surface area contributed by atoms with E-state index in [1.165, 1.54) is 17.4 Å². The first-order valence-corrected chi connectivity index (χ1v) is 14.2. The van der Waals surface area contributed by atoms with Crippen molar-refractivity contribution in [3.8, 4) is 10.4 Å². The smallest absolute Gasteiger partial charge is 0.407 e. The number of nitrogens with zero attached hydrogens (tertiary/aromatic N) is 3. The third-order valence-electron chi connectivity index (χ3n) is 6.07. The third kappa shape index (κ3) is 6.23. The Morgan fingerprint density at radius 1 is 1.22 bits per heavy atom. The lowest BCUT2D eigenvalue weighted by atomic mass is 9.86. The number of hydrogen-bond donors (Lipinski definition) is 3. The molecule has 2 heterocycles. The van der Waals surface area contributed by atoms with E-state index in [9.17, 15) is 13.2 Å². The van der Waals surface area contributed by atoms with Gasteiger partial charge in [-0.25, -0.2) is 23.3 Å². The van der Waals surface area contributed by atoms with Crippen molar-refractivity contribution in [2.24, 2.45) is 12.2 Å². The number of hydrogen-bond acceptors (Lipinski definition) is 8. The Morgan fingerprint density at radius 3 is 2.56 bits per heavy atom. The molecule has 1 saturated carbocycles. The average Bonchev–Trinajstić information content (AvgIpc) is 3.38. The third-order valence-corrected chi connectivity index (χ3v) is 8.38. The van der Waals surface area contributed by atoms with Crippen LogP contribution in [0.5, 0.6) is 0 Å². The normalized spacial score (nSPS) is 18.3. The van der Waals surface area contributed by atoms with Gasteiger partial charge in [0, 0.05) is 42.5 Å². The molecular weight excluding hydrogens is 500 g/mol. The number of primary sulfonamides is 1. The molecule has 1 fully saturated rings. The van der Waals surface area contributed by atoms with Crippen molar-refractivity contribution in [1.82, 2.24) is 20.1 Å². The maximum absolute atomic E-state index is 12.5. The van der Waals surface area contributed by atoms with Gasteiger partial charge in [0.15, 0.2) is 5.82 Å². The molecule has 12 heteroatoms. The molecule has 1 aliphatic carbocycles. The molecule has 0 spiro atoms. The number of aryl methyl sites for hydroxylation is 2. The molecule has 1 amide bonds. The molecule has 3 aromatic rings. The Hall–Kier alpha value is -2.96. The molecular formula is C24H32N6O4S2. The number of carbonyl (C=O) groups is 1. The number of benzene rings is 1. The number of alkyl carbamates (subject to hydrolysis) is 1. The highest BCUT2D eigenvalue weighted by molar-refractivity contribution is 7.89. The quantitative estimate of drug-likeness (QED) is 0.409. The molecule has 0 saturated heterocycles. The van der Waals surface area contributed by atoms with Crippen molar-refractivity contribution < 1.29 is 17.9 Å². The van der Waals surface area contributed by atoms with Gasteiger partial charge in [-0.15, -0.1) is 11.3 Å². The summed E-state index contributed by atoms with van der Waals surface area (Å²) in [5.74, 6) is 0.856. The lowest BCUT2D eigenvalue weighted by Gasteiger charge is -2.28. The maximum atomic E-state index is 12.5. The number of amides is 1. The van der Waals surface area contributed by atoms with Gasteiger partial charge in [0.2, 0.25) is 10.0 Å². The van der Waals surface area contributed by atoms with Gasteiger partial charge in [0.05, 0.1) is 26.6 Å².